The van der Waals surface area contributed by atoms with Crippen molar-refractivity contribution in [3.8, 4) is 72.6 Å². The van der Waals surface area contributed by atoms with Gasteiger partial charge in [0.15, 0.2) is 0 Å². The van der Waals surface area contributed by atoms with Crippen LogP contribution in [0.3, 0.4) is 0 Å². The van der Waals surface area contributed by atoms with Gasteiger partial charge in [-0.2, -0.15) is 0 Å². The molecule has 4 rings (SSSR count). The topological polar surface area (TPSA) is 38.7 Å². The van der Waals surface area contributed by atoms with Gasteiger partial charge in [0.1, 0.15) is 0 Å². The molecule has 0 aliphatic carbocycles. The highest BCUT2D eigenvalue weighted by Gasteiger charge is 1.99. The molecule has 1 aromatic carbocycles. The van der Waals surface area contributed by atoms with Crippen molar-refractivity contribution in [1.29, 1.82) is 0 Å². The van der Waals surface area contributed by atoms with E-state index in [-0.39, 0.29) is 0 Å². The Hall–Kier alpha value is -5.97. The van der Waals surface area contributed by atoms with E-state index in [1.165, 1.54) is 0 Å². The fourth-order valence-electron chi connectivity index (χ4n) is 3.04. The minimum atomic E-state index is 0.665. The van der Waals surface area contributed by atoms with Gasteiger partial charge >= 0.3 is 0 Å². The fourth-order valence-corrected chi connectivity index (χ4v) is 3.04. The molecule has 0 saturated carbocycles. The predicted octanol–water partition coefficient (Wildman–Crippen LogP) is 4.01. The second-order valence-corrected chi connectivity index (χ2v) is 7.37. The maximum atomic E-state index is 5.47. The van der Waals surface area contributed by atoms with Crippen LogP contribution >= 0.6 is 0 Å². The maximum Gasteiger partial charge on any atom is 0.0444 e. The van der Waals surface area contributed by atoms with Gasteiger partial charge in [-0.1, -0.05) is 53.3 Å². The first-order chi connectivity index (χ1) is 17.6. The minimum absolute atomic E-state index is 0.665. The Morgan fingerprint density at radius 2 is 0.556 bits per heavy atom. The Labute approximate surface area is 211 Å². The van der Waals surface area contributed by atoms with E-state index in [1.54, 1.807) is 55.4 Å². The molecule has 3 nitrogen and oxygen atoms in total. The third-order valence-corrected chi connectivity index (χ3v) is 4.70. The Kier molecular flexibility index (Phi) is 7.25. The molecule has 0 fully saturated rings. The van der Waals surface area contributed by atoms with Crippen molar-refractivity contribution in [1.82, 2.24) is 15.0 Å². The summed E-state index contributed by atoms with van der Waals surface area (Å²) in [5.41, 5.74) is 6.35. The lowest BCUT2D eigenvalue weighted by molar-refractivity contribution is 1.30. The first kappa shape index (κ1) is 23.2. The van der Waals surface area contributed by atoms with Crippen LogP contribution in [-0.2, 0) is 0 Å². The Morgan fingerprint density at radius 1 is 0.333 bits per heavy atom. The van der Waals surface area contributed by atoms with Crippen LogP contribution in [0.15, 0.2) is 73.6 Å². The van der Waals surface area contributed by atoms with E-state index >= 15 is 0 Å². The van der Waals surface area contributed by atoms with Crippen LogP contribution in [0.2, 0.25) is 0 Å². The lowest BCUT2D eigenvalue weighted by Gasteiger charge is -1.98. The minimum Gasteiger partial charge on any atom is -0.262 e. The first-order valence-electron chi connectivity index (χ1n) is 10.6. The molecule has 162 valence electrons. The van der Waals surface area contributed by atoms with E-state index < -0.39 is 0 Å². The zero-order valence-corrected chi connectivity index (χ0v) is 19.0. The molecule has 0 unspecified atom stereocenters. The highest BCUT2D eigenvalue weighted by molar-refractivity contribution is 5.55. The SMILES string of the molecule is C#Cc1cncc(C#Cc2cc(C#Cc3cncc(C#C)c3)cc(C#Cc3cncc(C#C)c3)c2)c1. The molecule has 0 bridgehead atoms. The van der Waals surface area contributed by atoms with Crippen LogP contribution in [0.1, 0.15) is 50.1 Å². The summed E-state index contributed by atoms with van der Waals surface area (Å²) in [6, 6.07) is 11.1. The number of hydrogen-bond donors (Lipinski definition) is 0. The number of nitrogens with zero attached hydrogens (tertiary/aromatic N) is 3. The van der Waals surface area contributed by atoms with Crippen molar-refractivity contribution < 1.29 is 0 Å². The fraction of sp³-hybridized carbons (Fsp3) is 0. The molecular formula is C33H15N3. The third-order valence-electron chi connectivity index (χ3n) is 4.70. The quantitative estimate of drug-likeness (QED) is 0.378. The van der Waals surface area contributed by atoms with Gasteiger partial charge in [0, 0.05) is 87.3 Å². The van der Waals surface area contributed by atoms with Gasteiger partial charge < -0.3 is 0 Å². The normalized spacial score (nSPS) is 8.92. The molecule has 36 heavy (non-hydrogen) atoms. The Morgan fingerprint density at radius 3 is 0.833 bits per heavy atom. The van der Waals surface area contributed by atoms with Crippen molar-refractivity contribution in [3.63, 3.8) is 0 Å². The summed E-state index contributed by atoms with van der Waals surface area (Å²) in [7, 11) is 0. The van der Waals surface area contributed by atoms with Crippen LogP contribution in [0.5, 0.6) is 0 Å². The second-order valence-electron chi connectivity index (χ2n) is 7.37. The zero-order valence-electron chi connectivity index (χ0n) is 19.0. The number of aromatic nitrogens is 3. The molecule has 0 N–H and O–H groups in total. The van der Waals surface area contributed by atoms with Crippen LogP contribution in [-0.4, -0.2) is 15.0 Å². The lowest BCUT2D eigenvalue weighted by Crippen LogP contribution is -1.87. The average Bonchev–Trinajstić information content (AvgIpc) is 2.94. The largest absolute Gasteiger partial charge is 0.262 e. The molecule has 0 radical (unpaired) electrons. The monoisotopic (exact) mass is 453 g/mol. The highest BCUT2D eigenvalue weighted by Crippen LogP contribution is 2.11. The third kappa shape index (κ3) is 6.30. The average molecular weight is 454 g/mol. The summed E-state index contributed by atoms with van der Waals surface area (Å²) < 4.78 is 0. The molecule has 0 saturated heterocycles. The van der Waals surface area contributed by atoms with E-state index in [0.29, 0.717) is 33.4 Å². The predicted molar refractivity (Wildman–Crippen MR) is 141 cm³/mol. The number of terminal acetylenes is 3. The first-order valence-corrected chi connectivity index (χ1v) is 10.6. The van der Waals surface area contributed by atoms with E-state index in [0.717, 1.165) is 16.7 Å². The van der Waals surface area contributed by atoms with E-state index in [9.17, 15) is 0 Å². The van der Waals surface area contributed by atoms with Crippen LogP contribution < -0.4 is 0 Å². The molecule has 0 atom stereocenters. The van der Waals surface area contributed by atoms with E-state index in [4.69, 9.17) is 19.3 Å². The number of hydrogen-bond acceptors (Lipinski definition) is 3. The van der Waals surface area contributed by atoms with Gasteiger partial charge in [-0.05, 0) is 36.4 Å². The molecule has 0 spiro atoms. The molecular weight excluding hydrogens is 438 g/mol. The summed E-state index contributed by atoms with van der Waals surface area (Å²) in [5, 5.41) is 0. The molecule has 0 amide bonds. The molecule has 3 heterocycles. The maximum absolute atomic E-state index is 5.47. The van der Waals surface area contributed by atoms with Gasteiger partial charge in [-0.25, -0.2) is 0 Å². The molecule has 0 aliphatic heterocycles. The zero-order chi connectivity index (χ0) is 25.2. The number of benzene rings is 1. The Bertz CT molecular complexity index is 1560. The smallest absolute Gasteiger partial charge is 0.0444 e. The summed E-state index contributed by atoms with van der Waals surface area (Å²) in [4.78, 5) is 12.4. The summed E-state index contributed by atoms with van der Waals surface area (Å²) in [5.74, 6) is 26.4. The van der Waals surface area contributed by atoms with Crippen LogP contribution in [0.4, 0.5) is 0 Å². The van der Waals surface area contributed by atoms with Crippen molar-refractivity contribution in [2.45, 2.75) is 0 Å². The molecule has 0 aliphatic rings. The van der Waals surface area contributed by atoms with Crippen LogP contribution in [0.25, 0.3) is 0 Å². The van der Waals surface area contributed by atoms with Gasteiger partial charge in [-0.15, -0.1) is 19.3 Å². The summed E-state index contributed by atoms with van der Waals surface area (Å²) >= 11 is 0. The van der Waals surface area contributed by atoms with Gasteiger partial charge in [-0.3, -0.25) is 15.0 Å². The van der Waals surface area contributed by atoms with Crippen molar-refractivity contribution in [3.05, 3.63) is 124 Å². The highest BCUT2D eigenvalue weighted by atomic mass is 14.6. The van der Waals surface area contributed by atoms with E-state index in [1.807, 2.05) is 18.2 Å². The summed E-state index contributed by atoms with van der Waals surface area (Å²) in [6.45, 7) is 0. The Balaban J connectivity index is 1.75. The van der Waals surface area contributed by atoms with E-state index in [2.05, 4.69) is 68.2 Å². The lowest BCUT2D eigenvalue weighted by atomic mass is 10.0. The van der Waals surface area contributed by atoms with Gasteiger partial charge in [0.25, 0.3) is 0 Å². The van der Waals surface area contributed by atoms with Crippen molar-refractivity contribution in [2.24, 2.45) is 0 Å². The van der Waals surface area contributed by atoms with Crippen LogP contribution in [0, 0.1) is 72.6 Å². The number of rotatable bonds is 0. The van der Waals surface area contributed by atoms with Crippen molar-refractivity contribution in [2.75, 3.05) is 0 Å². The molecule has 4 aromatic rings. The molecule has 3 aromatic heterocycles. The second kappa shape index (κ2) is 11.2. The molecule has 3 heteroatoms. The van der Waals surface area contributed by atoms with Crippen molar-refractivity contribution >= 4 is 0 Å². The van der Waals surface area contributed by atoms with Gasteiger partial charge in [0.2, 0.25) is 0 Å². The standard InChI is InChI=1S/C33H15N3/c1-4-25-13-31(22-34-19-25)10-7-28-16-29(8-11-32-14-26(5-2)20-35-23-32)18-30(17-28)9-12-33-15-27(6-3)21-36-24-33/h1-3,13-24H. The van der Waals surface area contributed by atoms with Gasteiger partial charge in [0.05, 0.1) is 0 Å². The number of pyridine rings is 3. The summed E-state index contributed by atoms with van der Waals surface area (Å²) in [6.07, 6.45) is 26.2.